The number of ether oxygens (including phenoxy) is 1. The molecule has 2 N–H and O–H groups in total. The van der Waals surface area contributed by atoms with Gasteiger partial charge in [0.05, 0.1) is 18.2 Å². The van der Waals surface area contributed by atoms with Crippen LogP contribution in [-0.4, -0.2) is 37.1 Å². The molecule has 1 unspecified atom stereocenters. The summed E-state index contributed by atoms with van der Waals surface area (Å²) in [6.07, 6.45) is -5.37. The maximum atomic E-state index is 11.8. The fourth-order valence-corrected chi connectivity index (χ4v) is 1.29. The van der Waals surface area contributed by atoms with Crippen LogP contribution < -0.4 is 10.1 Å². The van der Waals surface area contributed by atoms with E-state index in [1.807, 2.05) is 6.07 Å². The van der Waals surface area contributed by atoms with Gasteiger partial charge >= 0.3 is 6.18 Å². The molecule has 0 aliphatic heterocycles. The van der Waals surface area contributed by atoms with Crippen LogP contribution in [0.1, 0.15) is 5.56 Å². The van der Waals surface area contributed by atoms with Crippen LogP contribution in [0.4, 0.5) is 13.2 Å². The number of hydrogen-bond donors (Lipinski definition) is 2. The quantitative estimate of drug-likeness (QED) is 0.824. The summed E-state index contributed by atoms with van der Waals surface area (Å²) in [6, 6.07) is 8.21. The van der Waals surface area contributed by atoms with Crippen molar-refractivity contribution >= 4 is 0 Å². The molecule has 0 amide bonds. The molecule has 0 aliphatic carbocycles. The highest BCUT2D eigenvalue weighted by Crippen LogP contribution is 2.13. The van der Waals surface area contributed by atoms with Crippen molar-refractivity contribution in [1.82, 2.24) is 5.32 Å². The van der Waals surface area contributed by atoms with Gasteiger partial charge in [-0.1, -0.05) is 6.07 Å². The summed E-state index contributed by atoms with van der Waals surface area (Å²) in [7, 11) is 0. The molecule has 4 nitrogen and oxygen atoms in total. The molecular weight excluding hydrogens is 261 g/mol. The first-order valence-electron chi connectivity index (χ1n) is 5.49. The number of nitriles is 1. The fourth-order valence-electron chi connectivity index (χ4n) is 1.29. The largest absolute Gasteiger partial charge is 0.491 e. The van der Waals surface area contributed by atoms with Gasteiger partial charge in [-0.3, -0.25) is 0 Å². The third kappa shape index (κ3) is 6.64. The van der Waals surface area contributed by atoms with Gasteiger partial charge in [0.25, 0.3) is 0 Å². The van der Waals surface area contributed by atoms with Crippen molar-refractivity contribution in [3.63, 3.8) is 0 Å². The normalized spacial score (nSPS) is 12.8. The maximum absolute atomic E-state index is 11.8. The zero-order valence-electron chi connectivity index (χ0n) is 9.94. The fraction of sp³-hybridized carbons (Fsp3) is 0.417. The van der Waals surface area contributed by atoms with E-state index >= 15 is 0 Å². The summed E-state index contributed by atoms with van der Waals surface area (Å²) >= 11 is 0. The first-order chi connectivity index (χ1) is 8.90. The topological polar surface area (TPSA) is 65.3 Å². The van der Waals surface area contributed by atoms with Crippen molar-refractivity contribution in [2.45, 2.75) is 12.3 Å². The van der Waals surface area contributed by atoms with Crippen LogP contribution in [0.2, 0.25) is 0 Å². The van der Waals surface area contributed by atoms with E-state index in [-0.39, 0.29) is 13.2 Å². The van der Waals surface area contributed by atoms with E-state index in [1.54, 1.807) is 18.2 Å². The van der Waals surface area contributed by atoms with Gasteiger partial charge in [0, 0.05) is 6.54 Å². The number of nitrogens with zero attached hydrogens (tertiary/aromatic N) is 1. The minimum atomic E-state index is -4.30. The Bertz CT molecular complexity index is 443. The van der Waals surface area contributed by atoms with Gasteiger partial charge < -0.3 is 15.2 Å². The van der Waals surface area contributed by atoms with Crippen LogP contribution >= 0.6 is 0 Å². The van der Waals surface area contributed by atoms with Gasteiger partial charge in [0.2, 0.25) is 0 Å². The molecule has 7 heteroatoms. The van der Waals surface area contributed by atoms with Gasteiger partial charge in [-0.15, -0.1) is 0 Å². The summed E-state index contributed by atoms with van der Waals surface area (Å²) in [6.45, 7) is -1.54. The smallest absolute Gasteiger partial charge is 0.401 e. The summed E-state index contributed by atoms with van der Waals surface area (Å²) in [4.78, 5) is 0. The molecule has 0 saturated carbocycles. The van der Waals surface area contributed by atoms with Crippen molar-refractivity contribution in [1.29, 1.82) is 5.26 Å². The molecule has 0 radical (unpaired) electrons. The minimum absolute atomic E-state index is 0.153. The summed E-state index contributed by atoms with van der Waals surface area (Å²) < 4.78 is 40.7. The van der Waals surface area contributed by atoms with Gasteiger partial charge in [-0.2, -0.15) is 18.4 Å². The van der Waals surface area contributed by atoms with Crippen LogP contribution in [0.5, 0.6) is 5.75 Å². The predicted molar refractivity (Wildman–Crippen MR) is 61.6 cm³/mol. The second kappa shape index (κ2) is 6.97. The lowest BCUT2D eigenvalue weighted by Gasteiger charge is -2.14. The van der Waals surface area contributed by atoms with Gasteiger partial charge in [-0.25, -0.2) is 0 Å². The third-order valence-corrected chi connectivity index (χ3v) is 2.11. The second-order valence-corrected chi connectivity index (χ2v) is 3.85. The second-order valence-electron chi connectivity index (χ2n) is 3.85. The average molecular weight is 274 g/mol. The Balaban J connectivity index is 2.30. The lowest BCUT2D eigenvalue weighted by molar-refractivity contribution is -0.125. The zero-order valence-corrected chi connectivity index (χ0v) is 9.94. The first-order valence-corrected chi connectivity index (χ1v) is 5.49. The third-order valence-electron chi connectivity index (χ3n) is 2.11. The lowest BCUT2D eigenvalue weighted by atomic mass is 10.2. The summed E-state index contributed by atoms with van der Waals surface area (Å²) in [5.74, 6) is 0.383. The highest BCUT2D eigenvalue weighted by molar-refractivity contribution is 5.36. The Morgan fingerprint density at radius 1 is 1.42 bits per heavy atom. The highest BCUT2D eigenvalue weighted by atomic mass is 19.4. The van der Waals surface area contributed by atoms with Crippen molar-refractivity contribution in [3.05, 3.63) is 29.8 Å². The number of alkyl halides is 3. The van der Waals surface area contributed by atoms with E-state index in [9.17, 15) is 18.3 Å². The van der Waals surface area contributed by atoms with Crippen LogP contribution in [0.15, 0.2) is 24.3 Å². The van der Waals surface area contributed by atoms with Crippen molar-refractivity contribution in [2.75, 3.05) is 19.7 Å². The van der Waals surface area contributed by atoms with Crippen molar-refractivity contribution < 1.29 is 23.0 Å². The maximum Gasteiger partial charge on any atom is 0.401 e. The number of aliphatic hydroxyl groups is 1. The molecule has 1 aromatic rings. The number of benzene rings is 1. The molecule has 104 valence electrons. The van der Waals surface area contributed by atoms with Crippen LogP contribution in [0, 0.1) is 11.3 Å². The van der Waals surface area contributed by atoms with Crippen molar-refractivity contribution in [2.24, 2.45) is 0 Å². The van der Waals surface area contributed by atoms with Gasteiger partial charge in [0.15, 0.2) is 0 Å². The van der Waals surface area contributed by atoms with E-state index in [1.165, 1.54) is 6.07 Å². The van der Waals surface area contributed by atoms with Crippen molar-refractivity contribution in [3.8, 4) is 11.8 Å². The molecule has 19 heavy (non-hydrogen) atoms. The Morgan fingerprint density at radius 3 is 2.79 bits per heavy atom. The Kier molecular flexibility index (Phi) is 5.60. The molecule has 1 aromatic carbocycles. The number of aliphatic hydroxyl groups excluding tert-OH is 1. The van der Waals surface area contributed by atoms with Crippen LogP contribution in [0.25, 0.3) is 0 Å². The number of rotatable bonds is 6. The lowest BCUT2D eigenvalue weighted by Crippen LogP contribution is -2.37. The molecule has 1 atom stereocenters. The number of nitrogens with one attached hydrogen (secondary N) is 1. The summed E-state index contributed by atoms with van der Waals surface area (Å²) in [5.41, 5.74) is 0.405. The SMILES string of the molecule is N#Cc1cccc(OCC(O)CNCC(F)(F)F)c1. The molecule has 0 saturated heterocycles. The highest BCUT2D eigenvalue weighted by Gasteiger charge is 2.26. The monoisotopic (exact) mass is 274 g/mol. The van der Waals surface area contributed by atoms with Gasteiger partial charge in [0.1, 0.15) is 18.5 Å². The first kappa shape index (κ1) is 15.3. The molecule has 0 aromatic heterocycles. The molecular formula is C12H13F3N2O2. The Hall–Kier alpha value is -1.78. The minimum Gasteiger partial charge on any atom is -0.491 e. The van der Waals surface area contributed by atoms with E-state index in [0.717, 1.165) is 0 Å². The predicted octanol–water partition coefficient (Wildman–Crippen LogP) is 1.45. The molecule has 0 bridgehead atoms. The van der Waals surface area contributed by atoms with Crippen LogP contribution in [-0.2, 0) is 0 Å². The summed E-state index contributed by atoms with van der Waals surface area (Å²) in [5, 5.41) is 20.2. The molecule has 0 fully saturated rings. The van der Waals surface area contributed by atoms with Crippen LogP contribution in [0.3, 0.4) is 0 Å². The van der Waals surface area contributed by atoms with E-state index in [0.29, 0.717) is 11.3 Å². The Morgan fingerprint density at radius 2 is 2.16 bits per heavy atom. The number of hydrogen-bond acceptors (Lipinski definition) is 4. The van der Waals surface area contributed by atoms with E-state index < -0.39 is 18.8 Å². The molecule has 0 spiro atoms. The van der Waals surface area contributed by atoms with E-state index in [4.69, 9.17) is 10.00 Å². The molecule has 0 aliphatic rings. The molecule has 1 rings (SSSR count). The standard InChI is InChI=1S/C12H13F3N2O2/c13-12(14,15)8-17-6-10(18)7-19-11-3-1-2-9(4-11)5-16/h1-4,10,17-18H,6-8H2. The number of halogens is 3. The van der Waals surface area contributed by atoms with E-state index in [2.05, 4.69) is 5.32 Å². The van der Waals surface area contributed by atoms with Gasteiger partial charge in [-0.05, 0) is 18.2 Å². The zero-order chi connectivity index (χ0) is 14.3. The average Bonchev–Trinajstić information content (AvgIpc) is 2.35. The Labute approximate surface area is 108 Å². The molecule has 0 heterocycles.